The minimum atomic E-state index is -3.37. The van der Waals surface area contributed by atoms with Crippen molar-refractivity contribution in [1.29, 1.82) is 0 Å². The molecule has 1 spiro atoms. The first-order chi connectivity index (χ1) is 9.02. The zero-order valence-electron chi connectivity index (χ0n) is 11.4. The summed E-state index contributed by atoms with van der Waals surface area (Å²) in [5.74, 6) is 0.642. The summed E-state index contributed by atoms with van der Waals surface area (Å²) in [6, 6.07) is 0. The van der Waals surface area contributed by atoms with Crippen LogP contribution in [0.2, 0.25) is 0 Å². The van der Waals surface area contributed by atoms with Gasteiger partial charge in [-0.2, -0.15) is 4.31 Å². The Balaban J connectivity index is 1.74. The van der Waals surface area contributed by atoms with E-state index in [1.807, 2.05) is 0 Å². The van der Waals surface area contributed by atoms with E-state index >= 15 is 0 Å². The Morgan fingerprint density at radius 3 is 2.37 bits per heavy atom. The lowest BCUT2D eigenvalue weighted by Crippen LogP contribution is -2.42. The van der Waals surface area contributed by atoms with E-state index in [1.54, 1.807) is 11.2 Å². The lowest BCUT2D eigenvalue weighted by molar-refractivity contribution is 0.160. The van der Waals surface area contributed by atoms with Crippen molar-refractivity contribution in [1.82, 2.24) is 14.3 Å². The fourth-order valence-electron chi connectivity index (χ4n) is 3.49. The molecule has 0 radical (unpaired) electrons. The molecule has 6 heteroatoms. The van der Waals surface area contributed by atoms with E-state index in [9.17, 15) is 8.42 Å². The van der Waals surface area contributed by atoms with E-state index in [4.69, 9.17) is 0 Å². The van der Waals surface area contributed by atoms with Gasteiger partial charge in [0.05, 0.1) is 6.20 Å². The third-order valence-electron chi connectivity index (χ3n) is 4.74. The molecule has 2 fully saturated rings. The molecule has 0 atom stereocenters. The van der Waals surface area contributed by atoms with Gasteiger partial charge in [-0.05, 0) is 38.0 Å². The summed E-state index contributed by atoms with van der Waals surface area (Å²) in [5.41, 5.74) is 0.440. The van der Waals surface area contributed by atoms with Gasteiger partial charge in [-0.15, -0.1) is 0 Å². The first kappa shape index (κ1) is 13.1. The average Bonchev–Trinajstić information content (AvgIpc) is 3.00. The van der Waals surface area contributed by atoms with E-state index in [0.29, 0.717) is 24.3 Å². The molecule has 3 rings (SSSR count). The van der Waals surface area contributed by atoms with Crippen molar-refractivity contribution in [3.05, 3.63) is 12.0 Å². The third-order valence-corrected chi connectivity index (χ3v) is 6.55. The first-order valence-electron chi connectivity index (χ1n) is 7.04. The number of piperidine rings is 1. The molecule has 106 valence electrons. The Hall–Kier alpha value is -0.880. The van der Waals surface area contributed by atoms with Gasteiger partial charge < -0.3 is 4.98 Å². The highest BCUT2D eigenvalue weighted by Crippen LogP contribution is 2.46. The van der Waals surface area contributed by atoms with Crippen molar-refractivity contribution in [2.45, 2.75) is 50.5 Å². The highest BCUT2D eigenvalue weighted by Gasteiger charge is 2.40. The number of nitrogens with zero attached hydrogens (tertiary/aromatic N) is 2. The summed E-state index contributed by atoms with van der Waals surface area (Å²) in [6.45, 7) is 3.07. The maximum Gasteiger partial charge on any atom is 0.260 e. The number of nitrogens with one attached hydrogen (secondary N) is 1. The van der Waals surface area contributed by atoms with Crippen LogP contribution in [0.15, 0.2) is 11.2 Å². The number of rotatable bonds is 2. The fourth-order valence-corrected chi connectivity index (χ4v) is 4.90. The molecular weight excluding hydrogens is 262 g/mol. The van der Waals surface area contributed by atoms with Crippen molar-refractivity contribution < 1.29 is 8.42 Å². The van der Waals surface area contributed by atoms with E-state index in [0.717, 1.165) is 12.8 Å². The average molecular weight is 283 g/mol. The van der Waals surface area contributed by atoms with E-state index in [1.165, 1.54) is 31.9 Å². The van der Waals surface area contributed by atoms with Crippen LogP contribution in [0, 0.1) is 12.3 Å². The molecule has 0 bridgehead atoms. The van der Waals surface area contributed by atoms with Crippen LogP contribution >= 0.6 is 0 Å². The van der Waals surface area contributed by atoms with Crippen molar-refractivity contribution >= 4 is 10.0 Å². The number of hydrogen-bond acceptors (Lipinski definition) is 3. The molecule has 5 nitrogen and oxygen atoms in total. The van der Waals surface area contributed by atoms with Gasteiger partial charge in [-0.25, -0.2) is 13.4 Å². The SMILES string of the molecule is Cc1ncc(S(=O)(=O)N2CCC3(CCCC3)CC2)[nH]1. The van der Waals surface area contributed by atoms with Crippen LogP contribution in [0.3, 0.4) is 0 Å². The van der Waals surface area contributed by atoms with Gasteiger partial charge in [-0.1, -0.05) is 12.8 Å². The Morgan fingerprint density at radius 2 is 1.84 bits per heavy atom. The van der Waals surface area contributed by atoms with Crippen LogP contribution in [0.25, 0.3) is 0 Å². The topological polar surface area (TPSA) is 66.1 Å². The lowest BCUT2D eigenvalue weighted by atomic mass is 9.78. The molecule has 1 N–H and O–H groups in total. The predicted octanol–water partition coefficient (Wildman–Crippen LogP) is 2.06. The molecule has 1 saturated heterocycles. The van der Waals surface area contributed by atoms with Gasteiger partial charge in [0, 0.05) is 13.1 Å². The molecule has 2 aliphatic rings. The molecule has 1 saturated carbocycles. The monoisotopic (exact) mass is 283 g/mol. The number of aromatic nitrogens is 2. The van der Waals surface area contributed by atoms with Crippen molar-refractivity contribution in [2.75, 3.05) is 13.1 Å². The number of H-pyrrole nitrogens is 1. The zero-order chi connectivity index (χ0) is 13.5. The quantitative estimate of drug-likeness (QED) is 0.903. The largest absolute Gasteiger partial charge is 0.332 e. The summed E-state index contributed by atoms with van der Waals surface area (Å²) < 4.78 is 26.5. The van der Waals surface area contributed by atoms with Gasteiger partial charge in [-0.3, -0.25) is 0 Å². The summed E-state index contributed by atoms with van der Waals surface area (Å²) in [4.78, 5) is 6.82. The molecule has 0 unspecified atom stereocenters. The highest BCUT2D eigenvalue weighted by molar-refractivity contribution is 7.89. The van der Waals surface area contributed by atoms with Crippen LogP contribution in [-0.2, 0) is 10.0 Å². The highest BCUT2D eigenvalue weighted by atomic mass is 32.2. The third kappa shape index (κ3) is 2.31. The molecule has 0 amide bonds. The number of aryl methyl sites for hydroxylation is 1. The molecule has 2 heterocycles. The molecule has 1 aromatic rings. The van der Waals surface area contributed by atoms with Crippen LogP contribution in [-0.4, -0.2) is 35.8 Å². The Labute approximate surface area is 114 Å². The van der Waals surface area contributed by atoms with Crippen molar-refractivity contribution in [3.63, 3.8) is 0 Å². The molecule has 19 heavy (non-hydrogen) atoms. The molecule has 0 aromatic carbocycles. The van der Waals surface area contributed by atoms with Crippen LogP contribution < -0.4 is 0 Å². The molecular formula is C13H21N3O2S. The van der Waals surface area contributed by atoms with Gasteiger partial charge in [0.25, 0.3) is 10.0 Å². The fraction of sp³-hybridized carbons (Fsp3) is 0.769. The number of hydrogen-bond donors (Lipinski definition) is 1. The van der Waals surface area contributed by atoms with Crippen LogP contribution in [0.1, 0.15) is 44.3 Å². The first-order valence-corrected chi connectivity index (χ1v) is 8.48. The predicted molar refractivity (Wildman–Crippen MR) is 72.2 cm³/mol. The van der Waals surface area contributed by atoms with Crippen LogP contribution in [0.5, 0.6) is 0 Å². The second-order valence-corrected chi connectivity index (χ2v) is 7.85. The van der Waals surface area contributed by atoms with Crippen molar-refractivity contribution in [3.8, 4) is 0 Å². The van der Waals surface area contributed by atoms with Gasteiger partial charge in [0.15, 0.2) is 5.03 Å². The smallest absolute Gasteiger partial charge is 0.260 e. The second kappa shape index (κ2) is 4.59. The van der Waals surface area contributed by atoms with Crippen LogP contribution in [0.4, 0.5) is 0 Å². The number of aromatic amines is 1. The van der Waals surface area contributed by atoms with Gasteiger partial charge in [0.2, 0.25) is 0 Å². The van der Waals surface area contributed by atoms with Crippen molar-refractivity contribution in [2.24, 2.45) is 5.41 Å². The minimum absolute atomic E-state index is 0.229. The van der Waals surface area contributed by atoms with E-state index < -0.39 is 10.0 Å². The Morgan fingerprint density at radius 1 is 1.21 bits per heavy atom. The van der Waals surface area contributed by atoms with Gasteiger partial charge in [0.1, 0.15) is 5.82 Å². The van der Waals surface area contributed by atoms with Gasteiger partial charge >= 0.3 is 0 Å². The number of imidazole rings is 1. The molecule has 1 aliphatic heterocycles. The molecule has 1 aliphatic carbocycles. The molecule has 1 aromatic heterocycles. The lowest BCUT2D eigenvalue weighted by Gasteiger charge is -2.38. The summed E-state index contributed by atoms with van der Waals surface area (Å²) >= 11 is 0. The minimum Gasteiger partial charge on any atom is -0.332 e. The summed E-state index contributed by atoms with van der Waals surface area (Å²) in [5, 5.41) is 0.229. The maximum atomic E-state index is 12.5. The maximum absolute atomic E-state index is 12.5. The normalized spacial score (nSPS) is 24.1. The zero-order valence-corrected chi connectivity index (χ0v) is 12.2. The Bertz CT molecular complexity index is 548. The summed E-state index contributed by atoms with van der Waals surface area (Å²) in [6.07, 6.45) is 8.64. The standard InChI is InChI=1S/C13H21N3O2S/c1-11-14-10-12(15-11)19(17,18)16-8-6-13(7-9-16)4-2-3-5-13/h10H,2-9H2,1H3,(H,14,15). The number of sulfonamides is 1. The van der Waals surface area contributed by atoms with E-state index in [2.05, 4.69) is 9.97 Å². The van der Waals surface area contributed by atoms with E-state index in [-0.39, 0.29) is 5.03 Å². The summed E-state index contributed by atoms with van der Waals surface area (Å²) in [7, 11) is -3.37. The second-order valence-electron chi connectivity index (χ2n) is 5.94. The Kier molecular flexibility index (Phi) is 3.17.